The maximum absolute atomic E-state index is 14.3. The van der Waals surface area contributed by atoms with Crippen LogP contribution in [0.2, 0.25) is 0 Å². The predicted molar refractivity (Wildman–Crippen MR) is 100 cm³/mol. The highest BCUT2D eigenvalue weighted by atomic mass is 79.9. The highest BCUT2D eigenvalue weighted by Crippen LogP contribution is 2.39. The number of piperidine rings is 1. The average molecular weight is 386 g/mol. The van der Waals surface area contributed by atoms with Crippen LogP contribution in [0.4, 0.5) is 4.39 Å². The van der Waals surface area contributed by atoms with Crippen LogP contribution < -0.4 is 0 Å². The molecule has 1 saturated heterocycles. The zero-order valence-electron chi connectivity index (χ0n) is 13.6. The van der Waals surface area contributed by atoms with E-state index < -0.39 is 0 Å². The molecule has 4 rings (SSSR count). The highest BCUT2D eigenvalue weighted by molar-refractivity contribution is 9.10. The Hall–Kier alpha value is -1.45. The van der Waals surface area contributed by atoms with Crippen molar-refractivity contribution in [2.24, 2.45) is 0 Å². The van der Waals surface area contributed by atoms with Gasteiger partial charge in [-0.15, -0.1) is 0 Å². The lowest BCUT2D eigenvalue weighted by Crippen LogP contribution is -2.47. The Morgan fingerprint density at radius 3 is 2.71 bits per heavy atom. The van der Waals surface area contributed by atoms with E-state index in [4.69, 9.17) is 0 Å². The first-order valence-corrected chi connectivity index (χ1v) is 9.46. The molecule has 2 bridgehead atoms. The molecule has 2 aliphatic heterocycles. The van der Waals surface area contributed by atoms with Crippen molar-refractivity contribution in [3.05, 3.63) is 76.0 Å². The molecule has 24 heavy (non-hydrogen) atoms. The van der Waals surface area contributed by atoms with Crippen LogP contribution in [0.1, 0.15) is 36.8 Å². The monoisotopic (exact) mass is 385 g/mol. The van der Waals surface area contributed by atoms with Gasteiger partial charge < -0.3 is 0 Å². The molecule has 3 heteroatoms. The van der Waals surface area contributed by atoms with Gasteiger partial charge in [-0.1, -0.05) is 58.8 Å². The lowest BCUT2D eigenvalue weighted by Gasteiger charge is -2.45. The molecular weight excluding hydrogens is 365 g/mol. The van der Waals surface area contributed by atoms with Crippen molar-refractivity contribution in [1.82, 2.24) is 4.90 Å². The second-order valence-electron chi connectivity index (χ2n) is 6.83. The molecule has 0 N–H and O–H groups in total. The number of fused-ring (bicyclic) bond motifs is 2. The summed E-state index contributed by atoms with van der Waals surface area (Å²) in [4.78, 5) is 2.61. The molecule has 2 aliphatic rings. The third-order valence-electron chi connectivity index (χ3n) is 5.26. The van der Waals surface area contributed by atoms with Gasteiger partial charge in [0.1, 0.15) is 5.82 Å². The predicted octanol–water partition coefficient (Wildman–Crippen LogP) is 5.80. The third kappa shape index (κ3) is 3.20. The number of rotatable bonds is 3. The van der Waals surface area contributed by atoms with E-state index in [0.29, 0.717) is 12.1 Å². The van der Waals surface area contributed by atoms with E-state index >= 15 is 0 Å². The lowest BCUT2D eigenvalue weighted by atomic mass is 9.82. The van der Waals surface area contributed by atoms with Crippen molar-refractivity contribution in [2.75, 3.05) is 0 Å². The minimum atomic E-state index is -0.112. The fourth-order valence-electron chi connectivity index (χ4n) is 4.10. The summed E-state index contributed by atoms with van der Waals surface area (Å²) < 4.78 is 15.2. The normalized spacial score (nSPS) is 23.8. The minimum absolute atomic E-state index is 0.112. The van der Waals surface area contributed by atoms with Crippen LogP contribution in [-0.2, 0) is 6.54 Å². The van der Waals surface area contributed by atoms with Gasteiger partial charge in [-0.25, -0.2) is 4.39 Å². The second-order valence-corrected chi connectivity index (χ2v) is 7.75. The summed E-state index contributed by atoms with van der Waals surface area (Å²) in [6.07, 6.45) is 6.89. The van der Waals surface area contributed by atoms with Crippen molar-refractivity contribution in [3.63, 3.8) is 0 Å². The van der Waals surface area contributed by atoms with Crippen LogP contribution in [-0.4, -0.2) is 17.0 Å². The molecule has 2 unspecified atom stereocenters. The van der Waals surface area contributed by atoms with Gasteiger partial charge in [0.05, 0.1) is 0 Å². The Labute approximate surface area is 151 Å². The van der Waals surface area contributed by atoms with Gasteiger partial charge in [0.15, 0.2) is 0 Å². The fourth-order valence-corrected chi connectivity index (χ4v) is 4.46. The second kappa shape index (κ2) is 6.81. The SMILES string of the molecule is Fc1ccc(Br)cc1C1=CC2CCCC(C1)N2Cc1ccccc1. The van der Waals surface area contributed by atoms with E-state index in [1.807, 2.05) is 6.07 Å². The third-order valence-corrected chi connectivity index (χ3v) is 5.76. The van der Waals surface area contributed by atoms with Gasteiger partial charge in [-0.2, -0.15) is 0 Å². The molecule has 0 saturated carbocycles. The van der Waals surface area contributed by atoms with Gasteiger partial charge >= 0.3 is 0 Å². The molecule has 0 amide bonds. The molecule has 0 aliphatic carbocycles. The largest absolute Gasteiger partial charge is 0.289 e. The van der Waals surface area contributed by atoms with Gasteiger partial charge in [-0.05, 0) is 48.6 Å². The molecule has 1 fully saturated rings. The van der Waals surface area contributed by atoms with E-state index in [9.17, 15) is 4.39 Å². The quantitative estimate of drug-likeness (QED) is 0.645. The zero-order chi connectivity index (χ0) is 16.5. The van der Waals surface area contributed by atoms with Gasteiger partial charge in [0.25, 0.3) is 0 Å². The topological polar surface area (TPSA) is 3.24 Å². The standard InChI is InChI=1S/C21H21BrFN/c22-17-9-10-21(23)20(13-17)16-11-18-7-4-8-19(12-16)24(18)14-15-5-2-1-3-6-15/h1-3,5-6,9-11,13,18-19H,4,7-8,12,14H2. The van der Waals surface area contributed by atoms with Gasteiger partial charge in [0.2, 0.25) is 0 Å². The summed E-state index contributed by atoms with van der Waals surface area (Å²) in [6.45, 7) is 0.987. The van der Waals surface area contributed by atoms with Crippen LogP contribution in [0.5, 0.6) is 0 Å². The molecule has 2 atom stereocenters. The first-order chi connectivity index (χ1) is 11.7. The first-order valence-electron chi connectivity index (χ1n) is 8.66. The smallest absolute Gasteiger partial charge is 0.130 e. The van der Waals surface area contributed by atoms with Crippen LogP contribution in [0, 0.1) is 5.82 Å². The number of nitrogens with zero attached hydrogens (tertiary/aromatic N) is 1. The number of hydrogen-bond donors (Lipinski definition) is 0. The van der Waals surface area contributed by atoms with Crippen molar-refractivity contribution in [1.29, 1.82) is 0 Å². The minimum Gasteiger partial charge on any atom is -0.289 e. The van der Waals surface area contributed by atoms with Crippen LogP contribution in [0.25, 0.3) is 5.57 Å². The maximum Gasteiger partial charge on any atom is 0.130 e. The summed E-state index contributed by atoms with van der Waals surface area (Å²) in [5.41, 5.74) is 3.30. The number of halogens is 2. The summed E-state index contributed by atoms with van der Waals surface area (Å²) in [5, 5.41) is 0. The van der Waals surface area contributed by atoms with E-state index in [0.717, 1.165) is 23.0 Å². The molecule has 2 aromatic rings. The zero-order valence-corrected chi connectivity index (χ0v) is 15.2. The van der Waals surface area contributed by atoms with Crippen molar-refractivity contribution < 1.29 is 4.39 Å². The van der Waals surface area contributed by atoms with Crippen LogP contribution >= 0.6 is 15.9 Å². The van der Waals surface area contributed by atoms with Crippen molar-refractivity contribution in [3.8, 4) is 0 Å². The fraction of sp³-hybridized carbons (Fsp3) is 0.333. The summed E-state index contributed by atoms with van der Waals surface area (Å²) in [5.74, 6) is -0.112. The van der Waals surface area contributed by atoms with Crippen LogP contribution in [0.15, 0.2) is 59.1 Å². The molecular formula is C21H21BrFN. The van der Waals surface area contributed by atoms with E-state index in [-0.39, 0.29) is 5.82 Å². The summed E-state index contributed by atoms with van der Waals surface area (Å²) in [6, 6.07) is 16.9. The summed E-state index contributed by atoms with van der Waals surface area (Å²) >= 11 is 3.48. The molecule has 0 aromatic heterocycles. The average Bonchev–Trinajstić information content (AvgIpc) is 2.58. The van der Waals surface area contributed by atoms with Crippen LogP contribution in [0.3, 0.4) is 0 Å². The Balaban J connectivity index is 1.63. The Morgan fingerprint density at radius 2 is 1.92 bits per heavy atom. The Morgan fingerprint density at radius 1 is 1.08 bits per heavy atom. The maximum atomic E-state index is 14.3. The molecule has 0 spiro atoms. The lowest BCUT2D eigenvalue weighted by molar-refractivity contribution is 0.0950. The van der Waals surface area contributed by atoms with Crippen molar-refractivity contribution >= 4 is 21.5 Å². The van der Waals surface area contributed by atoms with Gasteiger partial charge in [0, 0.05) is 28.7 Å². The van der Waals surface area contributed by atoms with Gasteiger partial charge in [-0.3, -0.25) is 4.90 Å². The Bertz CT molecular complexity index is 756. The van der Waals surface area contributed by atoms with E-state index in [1.54, 1.807) is 12.1 Å². The van der Waals surface area contributed by atoms with E-state index in [2.05, 4.69) is 57.2 Å². The first kappa shape index (κ1) is 16.0. The Kier molecular flexibility index (Phi) is 4.55. The summed E-state index contributed by atoms with van der Waals surface area (Å²) in [7, 11) is 0. The molecule has 0 radical (unpaired) electrons. The molecule has 2 heterocycles. The molecule has 1 nitrogen and oxygen atoms in total. The molecule has 124 valence electrons. The number of hydrogen-bond acceptors (Lipinski definition) is 1. The molecule has 2 aromatic carbocycles. The van der Waals surface area contributed by atoms with Crippen molar-refractivity contribution in [2.45, 2.75) is 44.3 Å². The van der Waals surface area contributed by atoms with E-state index in [1.165, 1.54) is 30.4 Å². The highest BCUT2D eigenvalue weighted by Gasteiger charge is 2.34. The number of benzene rings is 2.